The molecule has 1 aliphatic rings. The van der Waals surface area contributed by atoms with Gasteiger partial charge in [0.15, 0.2) is 0 Å². The summed E-state index contributed by atoms with van der Waals surface area (Å²) >= 11 is 0. The van der Waals surface area contributed by atoms with Crippen LogP contribution in [0, 0.1) is 0 Å². The van der Waals surface area contributed by atoms with E-state index in [4.69, 9.17) is 0 Å². The Hall–Kier alpha value is -3.11. The molecule has 0 aromatic heterocycles. The summed E-state index contributed by atoms with van der Waals surface area (Å²) in [7, 11) is 2.14. The van der Waals surface area contributed by atoms with Gasteiger partial charge in [-0.3, -0.25) is 4.90 Å². The molecule has 0 fully saturated rings. The predicted octanol–water partition coefficient (Wildman–Crippen LogP) is 6.27. The second kappa shape index (κ2) is 10.5. The number of amides is 2. The van der Waals surface area contributed by atoms with Crippen LogP contribution in [-0.2, 0) is 12.8 Å². The minimum absolute atomic E-state index is 0.0598. The lowest BCUT2D eigenvalue weighted by Crippen LogP contribution is -2.33. The molecule has 0 aliphatic carbocycles. The van der Waals surface area contributed by atoms with Gasteiger partial charge >= 0.3 is 6.03 Å². The topological polar surface area (TPSA) is 35.6 Å². The molecule has 2 amide bonds. The van der Waals surface area contributed by atoms with Gasteiger partial charge in [-0.25, -0.2) is 4.79 Å². The highest BCUT2D eigenvalue weighted by Gasteiger charge is 2.24. The molecule has 4 nitrogen and oxygen atoms in total. The number of hydrogen-bond donors (Lipinski definition) is 1. The van der Waals surface area contributed by atoms with Gasteiger partial charge in [0.25, 0.3) is 0 Å². The number of anilines is 2. The number of nitrogens with zero attached hydrogens (tertiary/aromatic N) is 2. The number of hydrogen-bond acceptors (Lipinski definition) is 2. The summed E-state index contributed by atoms with van der Waals surface area (Å²) in [5.74, 6) is 0. The van der Waals surface area contributed by atoms with Crippen LogP contribution in [0.2, 0.25) is 0 Å². The largest absolute Gasteiger partial charge is 0.326 e. The van der Waals surface area contributed by atoms with Gasteiger partial charge in [-0.05, 0) is 79.4 Å². The standard InChI is InChI=1S/C28H33N3O/c1-3-17-30(2)18-8-4-5-9-22-12-15-27-25(20-22)16-19-31(27)28(32)29-26-14-13-23-10-6-7-11-24(23)21-26/h3,6-7,10-15,20-21H,1,4-5,8-9,16-19H2,2H3,(H,29,32). The Morgan fingerprint density at radius 2 is 1.91 bits per heavy atom. The number of urea groups is 1. The van der Waals surface area contributed by atoms with Crippen LogP contribution in [0.1, 0.15) is 30.4 Å². The fourth-order valence-electron chi connectivity index (χ4n) is 4.48. The second-order valence-corrected chi connectivity index (χ2v) is 8.72. The van der Waals surface area contributed by atoms with Crippen LogP contribution in [0.5, 0.6) is 0 Å². The molecule has 0 spiro atoms. The van der Waals surface area contributed by atoms with Gasteiger partial charge in [-0.15, -0.1) is 6.58 Å². The third-order valence-electron chi connectivity index (χ3n) is 6.23. The molecule has 3 aromatic rings. The van der Waals surface area contributed by atoms with Crippen molar-refractivity contribution in [2.45, 2.75) is 32.1 Å². The number of benzene rings is 3. The summed E-state index contributed by atoms with van der Waals surface area (Å²) in [6.07, 6.45) is 7.63. The van der Waals surface area contributed by atoms with Crippen molar-refractivity contribution >= 4 is 28.2 Å². The number of nitrogens with one attached hydrogen (secondary N) is 1. The van der Waals surface area contributed by atoms with Crippen molar-refractivity contribution in [3.63, 3.8) is 0 Å². The monoisotopic (exact) mass is 427 g/mol. The summed E-state index contributed by atoms with van der Waals surface area (Å²) in [6, 6.07) is 20.8. The van der Waals surface area contributed by atoms with E-state index in [-0.39, 0.29) is 6.03 Å². The number of carbonyl (C=O) groups is 1. The van der Waals surface area contributed by atoms with E-state index in [0.717, 1.165) is 49.2 Å². The van der Waals surface area contributed by atoms with Crippen LogP contribution < -0.4 is 10.2 Å². The summed E-state index contributed by atoms with van der Waals surface area (Å²) in [4.78, 5) is 17.1. The molecular formula is C28H33N3O. The van der Waals surface area contributed by atoms with Crippen molar-refractivity contribution in [2.75, 3.05) is 36.9 Å². The van der Waals surface area contributed by atoms with Crippen LogP contribution in [0.3, 0.4) is 0 Å². The Morgan fingerprint density at radius 1 is 1.06 bits per heavy atom. The fraction of sp³-hybridized carbons (Fsp3) is 0.321. The zero-order valence-corrected chi connectivity index (χ0v) is 19.0. The molecule has 1 N–H and O–H groups in total. The molecule has 0 saturated carbocycles. The summed E-state index contributed by atoms with van der Waals surface area (Å²) in [5, 5.41) is 5.38. The van der Waals surface area contributed by atoms with Gasteiger partial charge in [-0.2, -0.15) is 0 Å². The Kier molecular flexibility index (Phi) is 7.23. The first-order chi connectivity index (χ1) is 15.6. The molecule has 0 bridgehead atoms. The van der Waals surface area contributed by atoms with Crippen LogP contribution in [0.4, 0.5) is 16.2 Å². The van der Waals surface area contributed by atoms with Crippen LogP contribution in [0.25, 0.3) is 10.8 Å². The maximum atomic E-state index is 12.9. The van der Waals surface area contributed by atoms with Crippen molar-refractivity contribution in [2.24, 2.45) is 0 Å². The Bertz CT molecular complexity index is 1090. The van der Waals surface area contributed by atoms with E-state index < -0.39 is 0 Å². The van der Waals surface area contributed by atoms with Crippen LogP contribution >= 0.6 is 0 Å². The third-order valence-corrected chi connectivity index (χ3v) is 6.23. The number of aryl methyl sites for hydroxylation is 1. The number of rotatable bonds is 9. The average molecular weight is 428 g/mol. The van der Waals surface area contributed by atoms with Crippen LogP contribution in [0.15, 0.2) is 73.3 Å². The predicted molar refractivity (Wildman–Crippen MR) is 136 cm³/mol. The second-order valence-electron chi connectivity index (χ2n) is 8.72. The number of fused-ring (bicyclic) bond motifs is 2. The van der Waals surface area contributed by atoms with Crippen molar-refractivity contribution in [1.29, 1.82) is 0 Å². The van der Waals surface area contributed by atoms with Crippen molar-refractivity contribution < 1.29 is 4.79 Å². The SMILES string of the molecule is C=CCN(C)CCCCCc1ccc2c(c1)CCN2C(=O)Nc1ccc2ccccc2c1. The highest BCUT2D eigenvalue weighted by Crippen LogP contribution is 2.30. The minimum atomic E-state index is -0.0598. The van der Waals surface area contributed by atoms with Crippen LogP contribution in [-0.4, -0.2) is 37.6 Å². The Balaban J connectivity index is 1.31. The van der Waals surface area contributed by atoms with Gasteiger partial charge in [-0.1, -0.05) is 55.0 Å². The molecule has 0 atom stereocenters. The van der Waals surface area contributed by atoms with E-state index in [0.29, 0.717) is 0 Å². The minimum Gasteiger partial charge on any atom is -0.308 e. The maximum Gasteiger partial charge on any atom is 0.326 e. The number of likely N-dealkylation sites (N-methyl/N-ethyl adjacent to an activating group) is 1. The average Bonchev–Trinajstić information content (AvgIpc) is 3.22. The zero-order chi connectivity index (χ0) is 22.3. The fourth-order valence-corrected chi connectivity index (χ4v) is 4.48. The molecule has 0 radical (unpaired) electrons. The number of unbranched alkanes of at least 4 members (excludes halogenated alkanes) is 2. The highest BCUT2D eigenvalue weighted by molar-refractivity contribution is 6.04. The molecule has 166 valence electrons. The van der Waals surface area contributed by atoms with Gasteiger partial charge in [0.2, 0.25) is 0 Å². The summed E-state index contributed by atoms with van der Waals surface area (Å²) in [5.41, 5.74) is 4.53. The van der Waals surface area contributed by atoms with E-state index >= 15 is 0 Å². The van der Waals surface area contributed by atoms with E-state index in [2.05, 4.69) is 54.2 Å². The van der Waals surface area contributed by atoms with Gasteiger partial charge in [0.1, 0.15) is 0 Å². The normalized spacial score (nSPS) is 12.9. The number of carbonyl (C=O) groups excluding carboxylic acids is 1. The lowest BCUT2D eigenvalue weighted by molar-refractivity contribution is 0.257. The molecule has 1 aliphatic heterocycles. The lowest BCUT2D eigenvalue weighted by Gasteiger charge is -2.18. The van der Waals surface area contributed by atoms with E-state index in [1.807, 2.05) is 41.3 Å². The quantitative estimate of drug-likeness (QED) is 0.323. The van der Waals surface area contributed by atoms with Crippen molar-refractivity contribution in [3.8, 4) is 0 Å². The molecule has 0 unspecified atom stereocenters. The summed E-state index contributed by atoms with van der Waals surface area (Å²) < 4.78 is 0. The molecule has 32 heavy (non-hydrogen) atoms. The Labute approximate surface area is 191 Å². The molecular weight excluding hydrogens is 394 g/mol. The first kappa shape index (κ1) is 22.1. The third kappa shape index (κ3) is 5.38. The Morgan fingerprint density at radius 3 is 2.75 bits per heavy atom. The van der Waals surface area contributed by atoms with Gasteiger partial charge in [0, 0.05) is 24.5 Å². The molecule has 0 saturated heterocycles. The maximum absolute atomic E-state index is 12.9. The lowest BCUT2D eigenvalue weighted by atomic mass is 10.0. The smallest absolute Gasteiger partial charge is 0.308 e. The van der Waals surface area contributed by atoms with E-state index in [1.165, 1.54) is 35.8 Å². The molecule has 4 rings (SSSR count). The van der Waals surface area contributed by atoms with Crippen molar-refractivity contribution in [1.82, 2.24) is 4.90 Å². The van der Waals surface area contributed by atoms with Crippen molar-refractivity contribution in [3.05, 3.63) is 84.4 Å². The molecule has 4 heteroatoms. The first-order valence-electron chi connectivity index (χ1n) is 11.6. The van der Waals surface area contributed by atoms with Gasteiger partial charge in [0.05, 0.1) is 0 Å². The zero-order valence-electron chi connectivity index (χ0n) is 19.0. The summed E-state index contributed by atoms with van der Waals surface area (Å²) in [6.45, 7) is 6.60. The highest BCUT2D eigenvalue weighted by atomic mass is 16.2. The first-order valence-corrected chi connectivity index (χ1v) is 11.6. The molecule has 1 heterocycles. The van der Waals surface area contributed by atoms with E-state index in [9.17, 15) is 4.79 Å². The van der Waals surface area contributed by atoms with Gasteiger partial charge < -0.3 is 10.2 Å². The molecule has 3 aromatic carbocycles. The van der Waals surface area contributed by atoms with E-state index in [1.54, 1.807) is 0 Å².